The first-order chi connectivity index (χ1) is 8.56. The third kappa shape index (κ3) is 3.29. The fourth-order valence-electron chi connectivity index (χ4n) is 1.48. The molecular weight excluding hydrogens is 360 g/mol. The number of aromatic nitrogens is 2. The molecule has 0 aliphatic rings. The molecule has 0 bridgehead atoms. The highest BCUT2D eigenvalue weighted by atomic mass is 79.9. The monoisotopic (exact) mass is 370 g/mol. The van der Waals surface area contributed by atoms with Crippen LogP contribution in [0.1, 0.15) is 24.4 Å². The van der Waals surface area contributed by atoms with Crippen molar-refractivity contribution < 1.29 is 4.74 Å². The molecule has 2 aromatic rings. The number of nitrogens with zero attached hydrogens (tertiary/aromatic N) is 2. The summed E-state index contributed by atoms with van der Waals surface area (Å²) in [6.07, 6.45) is 3.23. The maximum absolute atomic E-state index is 5.84. The van der Waals surface area contributed by atoms with Gasteiger partial charge in [0.1, 0.15) is 5.75 Å². The quantitative estimate of drug-likeness (QED) is 0.799. The molecule has 0 radical (unpaired) electrons. The fraction of sp³-hybridized carbons (Fsp3) is 0.231. The van der Waals surface area contributed by atoms with E-state index in [0.29, 0.717) is 5.82 Å². The van der Waals surface area contributed by atoms with E-state index >= 15 is 0 Å². The molecule has 94 valence electrons. The van der Waals surface area contributed by atoms with Crippen LogP contribution in [0.4, 0.5) is 0 Å². The van der Waals surface area contributed by atoms with Crippen LogP contribution < -0.4 is 4.74 Å². The van der Waals surface area contributed by atoms with Gasteiger partial charge in [0.25, 0.3) is 0 Å². The van der Waals surface area contributed by atoms with Gasteiger partial charge >= 0.3 is 0 Å². The standard InChI is InChI=1S/C13H12Br2N2O/c1-8-3-4-12(11(15)5-8)18-9(2)13-16-6-10(14)7-17-13/h3-7,9H,1-2H3/t9-/m0/s1. The van der Waals surface area contributed by atoms with Crippen molar-refractivity contribution in [3.05, 3.63) is 50.9 Å². The number of hydrogen-bond acceptors (Lipinski definition) is 3. The molecule has 0 unspecified atom stereocenters. The molecule has 0 amide bonds. The first-order valence-corrected chi connectivity index (χ1v) is 7.05. The second-order valence-corrected chi connectivity index (χ2v) is 5.72. The Balaban J connectivity index is 2.15. The lowest BCUT2D eigenvalue weighted by molar-refractivity contribution is 0.215. The SMILES string of the molecule is Cc1ccc(O[C@@H](C)c2ncc(Br)cn2)c(Br)c1. The summed E-state index contributed by atoms with van der Waals surface area (Å²) in [5, 5.41) is 0. The minimum atomic E-state index is -0.197. The molecule has 0 fully saturated rings. The largest absolute Gasteiger partial charge is 0.482 e. The summed E-state index contributed by atoms with van der Waals surface area (Å²) in [7, 11) is 0. The van der Waals surface area contributed by atoms with Crippen LogP contribution in [0.25, 0.3) is 0 Å². The number of hydrogen-bond donors (Lipinski definition) is 0. The second kappa shape index (κ2) is 5.80. The molecule has 0 N–H and O–H groups in total. The van der Waals surface area contributed by atoms with Crippen LogP contribution in [0, 0.1) is 6.92 Å². The van der Waals surface area contributed by atoms with E-state index in [1.807, 2.05) is 32.0 Å². The van der Waals surface area contributed by atoms with Crippen molar-refractivity contribution >= 4 is 31.9 Å². The molecule has 0 aliphatic carbocycles. The van der Waals surface area contributed by atoms with Gasteiger partial charge < -0.3 is 4.74 Å². The lowest BCUT2D eigenvalue weighted by Crippen LogP contribution is -2.07. The highest BCUT2D eigenvalue weighted by molar-refractivity contribution is 9.10. The molecule has 0 saturated carbocycles. The Morgan fingerprint density at radius 1 is 1.17 bits per heavy atom. The molecule has 0 spiro atoms. The van der Waals surface area contributed by atoms with Crippen molar-refractivity contribution in [3.63, 3.8) is 0 Å². The van der Waals surface area contributed by atoms with E-state index in [1.165, 1.54) is 5.56 Å². The topological polar surface area (TPSA) is 35.0 Å². The van der Waals surface area contributed by atoms with Gasteiger partial charge in [-0.3, -0.25) is 0 Å². The first-order valence-electron chi connectivity index (χ1n) is 5.46. The van der Waals surface area contributed by atoms with Crippen LogP contribution in [-0.4, -0.2) is 9.97 Å². The number of halogens is 2. The molecule has 1 aromatic carbocycles. The van der Waals surface area contributed by atoms with E-state index in [0.717, 1.165) is 14.7 Å². The van der Waals surface area contributed by atoms with Crippen molar-refractivity contribution in [2.24, 2.45) is 0 Å². The van der Waals surface area contributed by atoms with Gasteiger partial charge in [0.15, 0.2) is 11.9 Å². The predicted molar refractivity (Wildman–Crippen MR) is 77.7 cm³/mol. The summed E-state index contributed by atoms with van der Waals surface area (Å²) in [5.41, 5.74) is 1.18. The summed E-state index contributed by atoms with van der Waals surface area (Å²) in [6.45, 7) is 3.96. The van der Waals surface area contributed by atoms with Gasteiger partial charge in [-0.15, -0.1) is 0 Å². The van der Waals surface area contributed by atoms with E-state index in [4.69, 9.17) is 4.74 Å². The van der Waals surface area contributed by atoms with Crippen LogP contribution in [0.3, 0.4) is 0 Å². The molecule has 0 saturated heterocycles. The third-order valence-electron chi connectivity index (χ3n) is 2.40. The summed E-state index contributed by atoms with van der Waals surface area (Å²) < 4.78 is 7.63. The average Bonchev–Trinajstić information content (AvgIpc) is 2.33. The zero-order valence-electron chi connectivity index (χ0n) is 10.0. The number of benzene rings is 1. The zero-order chi connectivity index (χ0) is 13.1. The van der Waals surface area contributed by atoms with Gasteiger partial charge in [0.2, 0.25) is 0 Å². The molecule has 0 aliphatic heterocycles. The Labute approximate surface area is 123 Å². The van der Waals surface area contributed by atoms with Crippen LogP contribution in [0.5, 0.6) is 5.75 Å². The maximum Gasteiger partial charge on any atom is 0.169 e. The Hall–Kier alpha value is -0.940. The summed E-state index contributed by atoms with van der Waals surface area (Å²) >= 11 is 6.79. The zero-order valence-corrected chi connectivity index (χ0v) is 13.2. The van der Waals surface area contributed by atoms with Crippen molar-refractivity contribution in [3.8, 4) is 5.75 Å². The molecule has 18 heavy (non-hydrogen) atoms. The van der Waals surface area contributed by atoms with E-state index in [-0.39, 0.29) is 6.10 Å². The number of aryl methyl sites for hydroxylation is 1. The third-order valence-corrected chi connectivity index (χ3v) is 3.42. The summed E-state index contributed by atoms with van der Waals surface area (Å²) in [6, 6.07) is 5.97. The van der Waals surface area contributed by atoms with Crippen molar-refractivity contribution in [2.45, 2.75) is 20.0 Å². The van der Waals surface area contributed by atoms with Gasteiger partial charge in [-0.05, 0) is 63.4 Å². The van der Waals surface area contributed by atoms with Crippen LogP contribution >= 0.6 is 31.9 Å². The van der Waals surface area contributed by atoms with Crippen molar-refractivity contribution in [2.75, 3.05) is 0 Å². The summed E-state index contributed by atoms with van der Waals surface area (Å²) in [4.78, 5) is 8.45. The Kier molecular flexibility index (Phi) is 4.35. The molecule has 2 rings (SSSR count). The Morgan fingerprint density at radius 2 is 1.83 bits per heavy atom. The normalized spacial score (nSPS) is 12.2. The van der Waals surface area contributed by atoms with Crippen molar-refractivity contribution in [1.82, 2.24) is 9.97 Å². The lowest BCUT2D eigenvalue weighted by Gasteiger charge is -2.14. The number of rotatable bonds is 3. The summed E-state index contributed by atoms with van der Waals surface area (Å²) in [5.74, 6) is 1.45. The smallest absolute Gasteiger partial charge is 0.169 e. The highest BCUT2D eigenvalue weighted by Crippen LogP contribution is 2.29. The average molecular weight is 372 g/mol. The van der Waals surface area contributed by atoms with E-state index in [1.54, 1.807) is 12.4 Å². The molecule has 3 nitrogen and oxygen atoms in total. The Morgan fingerprint density at radius 3 is 2.44 bits per heavy atom. The fourth-order valence-corrected chi connectivity index (χ4v) is 2.27. The van der Waals surface area contributed by atoms with Gasteiger partial charge in [-0.25, -0.2) is 9.97 Å². The van der Waals surface area contributed by atoms with Gasteiger partial charge in [0.05, 0.1) is 8.95 Å². The van der Waals surface area contributed by atoms with E-state index in [9.17, 15) is 0 Å². The Bertz CT molecular complexity index is 543. The van der Waals surface area contributed by atoms with Gasteiger partial charge in [0, 0.05) is 12.4 Å². The van der Waals surface area contributed by atoms with E-state index in [2.05, 4.69) is 41.8 Å². The minimum absolute atomic E-state index is 0.197. The lowest BCUT2D eigenvalue weighted by atomic mass is 10.2. The molecular formula is C13H12Br2N2O. The predicted octanol–water partition coefficient (Wildman–Crippen LogP) is 4.45. The van der Waals surface area contributed by atoms with Gasteiger partial charge in [-0.2, -0.15) is 0 Å². The van der Waals surface area contributed by atoms with Crippen LogP contribution in [0.2, 0.25) is 0 Å². The number of ether oxygens (including phenoxy) is 1. The van der Waals surface area contributed by atoms with Crippen LogP contribution in [-0.2, 0) is 0 Å². The molecule has 1 aromatic heterocycles. The van der Waals surface area contributed by atoms with Crippen molar-refractivity contribution in [1.29, 1.82) is 0 Å². The first kappa shape index (κ1) is 13.5. The van der Waals surface area contributed by atoms with Crippen LogP contribution in [0.15, 0.2) is 39.5 Å². The van der Waals surface area contributed by atoms with E-state index < -0.39 is 0 Å². The molecule has 1 atom stereocenters. The van der Waals surface area contributed by atoms with Gasteiger partial charge in [-0.1, -0.05) is 6.07 Å². The molecule has 5 heteroatoms. The molecule has 1 heterocycles. The maximum atomic E-state index is 5.84. The highest BCUT2D eigenvalue weighted by Gasteiger charge is 2.12. The second-order valence-electron chi connectivity index (χ2n) is 3.95. The minimum Gasteiger partial charge on any atom is -0.482 e.